The van der Waals surface area contributed by atoms with Gasteiger partial charge in [-0.2, -0.15) is 0 Å². The summed E-state index contributed by atoms with van der Waals surface area (Å²) in [6.07, 6.45) is 4.44. The molecule has 5 nitrogen and oxygen atoms in total. The Hall–Kier alpha value is -1.75. The van der Waals surface area contributed by atoms with Crippen molar-refractivity contribution in [1.29, 1.82) is 0 Å². The number of fused-ring (bicyclic) bond motifs is 1. The minimum Gasteiger partial charge on any atom is -0.508 e. The number of phenols is 2. The number of benzene rings is 1. The summed E-state index contributed by atoms with van der Waals surface area (Å²) < 4.78 is 11.3. The van der Waals surface area contributed by atoms with Crippen LogP contribution in [0.4, 0.5) is 0 Å². The molecule has 21 heavy (non-hydrogen) atoms. The third-order valence-electron chi connectivity index (χ3n) is 4.20. The van der Waals surface area contributed by atoms with E-state index in [0.29, 0.717) is 18.4 Å². The number of cyclic esters (lactones) is 1. The quantitative estimate of drug-likeness (QED) is 0.819. The van der Waals surface area contributed by atoms with Gasteiger partial charge in [-0.15, -0.1) is 0 Å². The fraction of sp³-hybridized carbons (Fsp3) is 0.562. The lowest BCUT2D eigenvalue weighted by molar-refractivity contribution is -0.0647. The SMILES string of the molecule is C[C@@H]1CCC[C@@H](C[C@H]2Cc3cc(O)cc(O)c3C(=O)O2)O1. The van der Waals surface area contributed by atoms with Crippen LogP contribution in [0, 0.1) is 0 Å². The van der Waals surface area contributed by atoms with Crippen LogP contribution in [0.5, 0.6) is 11.5 Å². The standard InChI is InChI=1S/C16H20O5/c1-9-3-2-4-12(20-9)8-13-6-10-5-11(17)7-14(18)15(10)16(19)21-13/h5,7,9,12-13,17-18H,2-4,6,8H2,1H3/t9-,12+,13-/m1/s1. The largest absolute Gasteiger partial charge is 0.508 e. The fourth-order valence-electron chi connectivity index (χ4n) is 3.26. The fourth-order valence-corrected chi connectivity index (χ4v) is 3.26. The molecule has 1 aromatic rings. The molecule has 0 aromatic heterocycles. The molecule has 1 saturated heterocycles. The highest BCUT2D eigenvalue weighted by Gasteiger charge is 2.32. The van der Waals surface area contributed by atoms with E-state index in [1.54, 1.807) is 0 Å². The Labute approximate surface area is 123 Å². The molecule has 0 aliphatic carbocycles. The number of carbonyl (C=O) groups is 1. The molecule has 2 heterocycles. The lowest BCUT2D eigenvalue weighted by Gasteiger charge is -2.32. The van der Waals surface area contributed by atoms with Gasteiger partial charge in [0.25, 0.3) is 0 Å². The van der Waals surface area contributed by atoms with Gasteiger partial charge in [0.15, 0.2) is 0 Å². The van der Waals surface area contributed by atoms with E-state index in [-0.39, 0.29) is 35.4 Å². The summed E-state index contributed by atoms with van der Waals surface area (Å²) >= 11 is 0. The number of ether oxygens (including phenoxy) is 2. The van der Waals surface area contributed by atoms with Crippen LogP contribution in [0.25, 0.3) is 0 Å². The Bertz CT molecular complexity index is 554. The lowest BCUT2D eigenvalue weighted by Crippen LogP contribution is -2.34. The van der Waals surface area contributed by atoms with Crippen LogP contribution in [-0.4, -0.2) is 34.5 Å². The van der Waals surface area contributed by atoms with E-state index in [4.69, 9.17) is 9.47 Å². The van der Waals surface area contributed by atoms with Crippen molar-refractivity contribution < 1.29 is 24.5 Å². The lowest BCUT2D eigenvalue weighted by atomic mass is 9.92. The number of aromatic hydroxyl groups is 2. The zero-order valence-electron chi connectivity index (χ0n) is 12.0. The monoisotopic (exact) mass is 292 g/mol. The van der Waals surface area contributed by atoms with Gasteiger partial charge in [0.05, 0.1) is 12.2 Å². The molecule has 1 aromatic carbocycles. The zero-order valence-corrected chi connectivity index (χ0v) is 12.0. The molecule has 5 heteroatoms. The Morgan fingerprint density at radius 2 is 2.05 bits per heavy atom. The molecule has 3 rings (SSSR count). The Morgan fingerprint density at radius 3 is 2.81 bits per heavy atom. The first-order chi connectivity index (χ1) is 10.0. The number of rotatable bonds is 2. The van der Waals surface area contributed by atoms with Crippen LogP contribution in [-0.2, 0) is 15.9 Å². The van der Waals surface area contributed by atoms with Crippen molar-refractivity contribution in [2.45, 2.75) is 57.3 Å². The van der Waals surface area contributed by atoms with Crippen molar-refractivity contribution in [3.05, 3.63) is 23.3 Å². The van der Waals surface area contributed by atoms with E-state index < -0.39 is 5.97 Å². The van der Waals surface area contributed by atoms with Crippen molar-refractivity contribution in [2.75, 3.05) is 0 Å². The van der Waals surface area contributed by atoms with E-state index in [9.17, 15) is 15.0 Å². The van der Waals surface area contributed by atoms with Crippen molar-refractivity contribution in [1.82, 2.24) is 0 Å². The van der Waals surface area contributed by atoms with Crippen LogP contribution < -0.4 is 0 Å². The Morgan fingerprint density at radius 1 is 1.24 bits per heavy atom. The molecule has 1 fully saturated rings. The molecule has 0 radical (unpaired) electrons. The molecule has 0 bridgehead atoms. The number of hydrogen-bond donors (Lipinski definition) is 2. The van der Waals surface area contributed by atoms with Gasteiger partial charge in [0.1, 0.15) is 23.2 Å². The smallest absolute Gasteiger partial charge is 0.342 e. The highest BCUT2D eigenvalue weighted by atomic mass is 16.5. The maximum absolute atomic E-state index is 12.0. The van der Waals surface area contributed by atoms with Crippen LogP contribution in [0.1, 0.15) is 48.5 Å². The maximum Gasteiger partial charge on any atom is 0.342 e. The molecule has 0 amide bonds. The third kappa shape index (κ3) is 2.97. The topological polar surface area (TPSA) is 76.0 Å². The predicted molar refractivity (Wildman–Crippen MR) is 75.5 cm³/mol. The van der Waals surface area contributed by atoms with Gasteiger partial charge in [-0.3, -0.25) is 0 Å². The summed E-state index contributed by atoms with van der Waals surface area (Å²) in [5, 5.41) is 19.3. The van der Waals surface area contributed by atoms with Crippen molar-refractivity contribution >= 4 is 5.97 Å². The first kappa shape index (κ1) is 14.2. The number of hydrogen-bond acceptors (Lipinski definition) is 5. The molecule has 2 N–H and O–H groups in total. The van der Waals surface area contributed by atoms with E-state index in [1.165, 1.54) is 6.07 Å². The molecule has 0 spiro atoms. The highest BCUT2D eigenvalue weighted by molar-refractivity contribution is 5.95. The molecule has 2 aliphatic heterocycles. The minimum absolute atomic E-state index is 0.0396. The summed E-state index contributed by atoms with van der Waals surface area (Å²) in [6, 6.07) is 2.68. The van der Waals surface area contributed by atoms with E-state index >= 15 is 0 Å². The molecule has 114 valence electrons. The highest BCUT2D eigenvalue weighted by Crippen LogP contribution is 2.34. The van der Waals surface area contributed by atoms with Gasteiger partial charge in [0.2, 0.25) is 0 Å². The second kappa shape index (κ2) is 5.56. The van der Waals surface area contributed by atoms with E-state index in [0.717, 1.165) is 25.3 Å². The normalized spacial score (nSPS) is 28.8. The Balaban J connectivity index is 1.74. The summed E-state index contributed by atoms with van der Waals surface area (Å²) in [4.78, 5) is 12.0. The van der Waals surface area contributed by atoms with Crippen LogP contribution in [0.2, 0.25) is 0 Å². The van der Waals surface area contributed by atoms with Crippen LogP contribution in [0.15, 0.2) is 12.1 Å². The average Bonchev–Trinajstić information content (AvgIpc) is 2.37. The van der Waals surface area contributed by atoms with Crippen molar-refractivity contribution in [3.8, 4) is 11.5 Å². The zero-order chi connectivity index (χ0) is 15.0. The summed E-state index contributed by atoms with van der Waals surface area (Å²) in [5.74, 6) is -0.791. The van der Waals surface area contributed by atoms with Gasteiger partial charge in [0, 0.05) is 18.9 Å². The third-order valence-corrected chi connectivity index (χ3v) is 4.20. The summed E-state index contributed by atoms with van der Waals surface area (Å²) in [7, 11) is 0. The van der Waals surface area contributed by atoms with E-state index in [2.05, 4.69) is 6.92 Å². The number of carbonyl (C=O) groups excluding carboxylic acids is 1. The van der Waals surface area contributed by atoms with Crippen LogP contribution in [0.3, 0.4) is 0 Å². The number of phenolic OH excluding ortho intramolecular Hbond substituents is 2. The minimum atomic E-state index is -0.525. The van der Waals surface area contributed by atoms with Gasteiger partial charge >= 0.3 is 5.97 Å². The molecule has 2 aliphatic rings. The molecule has 0 unspecified atom stereocenters. The number of esters is 1. The predicted octanol–water partition coefficient (Wildman–Crippen LogP) is 2.53. The maximum atomic E-state index is 12.0. The Kier molecular flexibility index (Phi) is 3.76. The van der Waals surface area contributed by atoms with Crippen LogP contribution >= 0.6 is 0 Å². The van der Waals surface area contributed by atoms with Gasteiger partial charge < -0.3 is 19.7 Å². The molecular weight excluding hydrogens is 272 g/mol. The second-order valence-corrected chi connectivity index (χ2v) is 5.97. The second-order valence-electron chi connectivity index (χ2n) is 5.97. The molecular formula is C16H20O5. The van der Waals surface area contributed by atoms with Gasteiger partial charge in [-0.1, -0.05) is 0 Å². The molecule has 0 saturated carbocycles. The average molecular weight is 292 g/mol. The molecule has 3 atom stereocenters. The summed E-state index contributed by atoms with van der Waals surface area (Å²) in [5.41, 5.74) is 0.805. The van der Waals surface area contributed by atoms with Crippen molar-refractivity contribution in [3.63, 3.8) is 0 Å². The van der Waals surface area contributed by atoms with Gasteiger partial charge in [-0.25, -0.2) is 4.79 Å². The van der Waals surface area contributed by atoms with E-state index in [1.807, 2.05) is 0 Å². The first-order valence-electron chi connectivity index (χ1n) is 7.44. The first-order valence-corrected chi connectivity index (χ1v) is 7.44. The van der Waals surface area contributed by atoms with Gasteiger partial charge in [-0.05, 0) is 37.8 Å². The summed E-state index contributed by atoms with van der Waals surface area (Å²) in [6.45, 7) is 2.06. The van der Waals surface area contributed by atoms with Crippen molar-refractivity contribution in [2.24, 2.45) is 0 Å².